The molecule has 0 saturated heterocycles. The van der Waals surface area contributed by atoms with E-state index in [9.17, 15) is 0 Å². The second kappa shape index (κ2) is 9.58. The van der Waals surface area contributed by atoms with Gasteiger partial charge in [-0.25, -0.2) is 9.98 Å². The first-order valence-corrected chi connectivity index (χ1v) is 8.83. The molecule has 0 spiro atoms. The highest BCUT2D eigenvalue weighted by Gasteiger charge is 2.17. The van der Waals surface area contributed by atoms with Crippen LogP contribution in [0.25, 0.3) is 0 Å². The largest absolute Gasteiger partial charge is 0.444 e. The van der Waals surface area contributed by atoms with Crippen molar-refractivity contribution in [2.45, 2.75) is 73.8 Å². The van der Waals surface area contributed by atoms with Gasteiger partial charge in [0.05, 0.1) is 5.69 Å². The highest BCUT2D eigenvalue weighted by Crippen LogP contribution is 2.22. The van der Waals surface area contributed by atoms with Crippen molar-refractivity contribution in [2.75, 3.05) is 13.1 Å². The second-order valence-electron chi connectivity index (χ2n) is 6.92. The summed E-state index contributed by atoms with van der Waals surface area (Å²) in [5, 5.41) is 6.73. The van der Waals surface area contributed by atoms with Crippen molar-refractivity contribution in [1.29, 1.82) is 0 Å². The standard InChI is InChI=1S/C18H34N4O/c1-7-9-10-11-18(5,6)13-21-17(19-8-2)20-12-16-22-14(3)15(4)23-16/h7-13H2,1-6H3,(H2,19,20,21). The summed E-state index contributed by atoms with van der Waals surface area (Å²) < 4.78 is 5.58. The molecule has 1 aromatic rings. The normalized spacial score (nSPS) is 12.5. The average molecular weight is 322 g/mol. The van der Waals surface area contributed by atoms with Crippen molar-refractivity contribution in [2.24, 2.45) is 10.4 Å². The van der Waals surface area contributed by atoms with Crippen molar-refractivity contribution >= 4 is 5.96 Å². The van der Waals surface area contributed by atoms with Crippen molar-refractivity contribution in [1.82, 2.24) is 15.6 Å². The molecule has 2 N–H and O–H groups in total. The van der Waals surface area contributed by atoms with Crippen LogP contribution >= 0.6 is 0 Å². The fraction of sp³-hybridized carbons (Fsp3) is 0.778. The molecule has 1 heterocycles. The first kappa shape index (κ1) is 19.5. The topological polar surface area (TPSA) is 62.5 Å². The molecule has 0 aliphatic rings. The number of aromatic nitrogens is 1. The monoisotopic (exact) mass is 322 g/mol. The molecule has 0 bridgehead atoms. The Hall–Kier alpha value is -1.52. The zero-order chi connectivity index (χ0) is 17.3. The number of oxazole rings is 1. The maximum absolute atomic E-state index is 5.58. The molecule has 5 nitrogen and oxygen atoms in total. The number of rotatable bonds is 9. The lowest BCUT2D eigenvalue weighted by atomic mass is 9.87. The van der Waals surface area contributed by atoms with Gasteiger partial charge in [0.1, 0.15) is 12.3 Å². The van der Waals surface area contributed by atoms with Crippen molar-refractivity contribution in [3.8, 4) is 0 Å². The molecule has 0 saturated carbocycles. The van der Waals surface area contributed by atoms with Gasteiger partial charge in [-0.15, -0.1) is 0 Å². The lowest BCUT2D eigenvalue weighted by Crippen LogP contribution is -2.42. The molecular weight excluding hydrogens is 288 g/mol. The van der Waals surface area contributed by atoms with Crippen molar-refractivity contribution in [3.63, 3.8) is 0 Å². The van der Waals surface area contributed by atoms with Gasteiger partial charge in [0.25, 0.3) is 0 Å². The molecular formula is C18H34N4O. The molecule has 0 aromatic carbocycles. The van der Waals surface area contributed by atoms with E-state index in [0.29, 0.717) is 12.4 Å². The SMILES string of the molecule is CCCCCC(C)(C)CNC(=NCc1nc(C)c(C)o1)NCC. The van der Waals surface area contributed by atoms with Crippen LogP contribution in [0, 0.1) is 19.3 Å². The Morgan fingerprint density at radius 2 is 1.91 bits per heavy atom. The third-order valence-corrected chi connectivity index (χ3v) is 3.98. The van der Waals surface area contributed by atoms with E-state index < -0.39 is 0 Å². The summed E-state index contributed by atoms with van der Waals surface area (Å²) in [5.74, 6) is 2.36. The van der Waals surface area contributed by atoms with Gasteiger partial charge in [-0.1, -0.05) is 40.0 Å². The minimum absolute atomic E-state index is 0.265. The molecule has 1 rings (SSSR count). The smallest absolute Gasteiger partial charge is 0.216 e. The lowest BCUT2D eigenvalue weighted by molar-refractivity contribution is 0.318. The Labute approximate surface area is 141 Å². The molecule has 0 aliphatic carbocycles. The highest BCUT2D eigenvalue weighted by atomic mass is 16.4. The number of unbranched alkanes of at least 4 members (excludes halogenated alkanes) is 2. The molecule has 0 amide bonds. The summed E-state index contributed by atoms with van der Waals surface area (Å²) >= 11 is 0. The minimum atomic E-state index is 0.265. The van der Waals surface area contributed by atoms with Crippen molar-refractivity contribution in [3.05, 3.63) is 17.3 Å². The highest BCUT2D eigenvalue weighted by molar-refractivity contribution is 5.79. The van der Waals surface area contributed by atoms with Crippen LogP contribution in [-0.4, -0.2) is 24.0 Å². The summed E-state index contributed by atoms with van der Waals surface area (Å²) in [4.78, 5) is 8.95. The number of hydrogen-bond donors (Lipinski definition) is 2. The Kier molecular flexibility index (Phi) is 8.13. The average Bonchev–Trinajstić information content (AvgIpc) is 2.81. The number of hydrogen-bond acceptors (Lipinski definition) is 3. The third-order valence-electron chi connectivity index (χ3n) is 3.98. The summed E-state index contributed by atoms with van der Waals surface area (Å²) in [6.45, 7) is 15.0. The van der Waals surface area contributed by atoms with Gasteiger partial charge in [-0.2, -0.15) is 0 Å². The zero-order valence-electron chi connectivity index (χ0n) is 15.8. The van der Waals surface area contributed by atoms with Gasteiger partial charge < -0.3 is 15.1 Å². The number of guanidine groups is 1. The van der Waals surface area contributed by atoms with Gasteiger partial charge >= 0.3 is 0 Å². The van der Waals surface area contributed by atoms with Gasteiger partial charge in [0.15, 0.2) is 5.96 Å². The van der Waals surface area contributed by atoms with E-state index in [1.807, 2.05) is 13.8 Å². The minimum Gasteiger partial charge on any atom is -0.444 e. The number of aryl methyl sites for hydroxylation is 2. The lowest BCUT2D eigenvalue weighted by Gasteiger charge is -2.26. The molecule has 132 valence electrons. The predicted molar refractivity (Wildman–Crippen MR) is 96.7 cm³/mol. The number of nitrogens with zero attached hydrogens (tertiary/aromatic N) is 2. The Morgan fingerprint density at radius 1 is 1.17 bits per heavy atom. The van der Waals surface area contributed by atoms with E-state index in [-0.39, 0.29) is 5.41 Å². The van der Waals surface area contributed by atoms with Crippen LogP contribution in [0.3, 0.4) is 0 Å². The van der Waals surface area contributed by atoms with Crippen molar-refractivity contribution < 1.29 is 4.42 Å². The van der Waals surface area contributed by atoms with Gasteiger partial charge in [-0.05, 0) is 32.6 Å². The van der Waals surface area contributed by atoms with Gasteiger partial charge in [0.2, 0.25) is 5.89 Å². The fourth-order valence-electron chi connectivity index (χ4n) is 2.36. The van der Waals surface area contributed by atoms with Crippen LogP contribution in [0.2, 0.25) is 0 Å². The Morgan fingerprint density at radius 3 is 2.48 bits per heavy atom. The summed E-state index contributed by atoms with van der Waals surface area (Å²) in [6, 6.07) is 0. The second-order valence-corrected chi connectivity index (χ2v) is 6.92. The zero-order valence-corrected chi connectivity index (χ0v) is 15.8. The van der Waals surface area contributed by atoms with E-state index in [0.717, 1.165) is 30.5 Å². The van der Waals surface area contributed by atoms with Crippen LogP contribution in [0.4, 0.5) is 0 Å². The molecule has 0 aliphatic heterocycles. The predicted octanol–water partition coefficient (Wildman–Crippen LogP) is 3.95. The van der Waals surface area contributed by atoms with Gasteiger partial charge in [-0.3, -0.25) is 0 Å². The number of aliphatic imine (C=N–C) groups is 1. The van der Waals surface area contributed by atoms with Crippen LogP contribution < -0.4 is 10.6 Å². The first-order valence-electron chi connectivity index (χ1n) is 8.83. The van der Waals surface area contributed by atoms with E-state index in [4.69, 9.17) is 4.42 Å². The van der Waals surface area contributed by atoms with Gasteiger partial charge in [0, 0.05) is 13.1 Å². The van der Waals surface area contributed by atoms with Crippen LogP contribution in [0.5, 0.6) is 0 Å². The Bertz CT molecular complexity index is 472. The molecule has 1 aromatic heterocycles. The van der Waals surface area contributed by atoms with E-state index in [1.165, 1.54) is 25.7 Å². The van der Waals surface area contributed by atoms with E-state index >= 15 is 0 Å². The van der Waals surface area contributed by atoms with Crippen LogP contribution in [0.15, 0.2) is 9.41 Å². The molecule has 0 unspecified atom stereocenters. The maximum atomic E-state index is 5.58. The summed E-state index contributed by atoms with van der Waals surface area (Å²) in [5.41, 5.74) is 1.20. The quantitative estimate of drug-likeness (QED) is 0.410. The molecule has 5 heteroatoms. The molecule has 0 radical (unpaired) electrons. The summed E-state index contributed by atoms with van der Waals surface area (Å²) in [7, 11) is 0. The maximum Gasteiger partial charge on any atom is 0.216 e. The fourth-order valence-corrected chi connectivity index (χ4v) is 2.36. The first-order chi connectivity index (χ1) is 10.9. The molecule has 23 heavy (non-hydrogen) atoms. The van der Waals surface area contributed by atoms with Crippen LogP contribution in [0.1, 0.15) is 70.7 Å². The third kappa shape index (κ3) is 7.53. The Balaban J connectivity index is 2.54. The van der Waals surface area contributed by atoms with E-state index in [2.05, 4.69) is 48.3 Å². The number of nitrogens with one attached hydrogen (secondary N) is 2. The van der Waals surface area contributed by atoms with E-state index in [1.54, 1.807) is 0 Å². The molecule has 0 atom stereocenters. The van der Waals surface area contributed by atoms with Crippen LogP contribution in [-0.2, 0) is 6.54 Å². The summed E-state index contributed by atoms with van der Waals surface area (Å²) in [6.07, 6.45) is 5.09. The molecule has 0 fully saturated rings.